The van der Waals surface area contributed by atoms with Gasteiger partial charge in [0.1, 0.15) is 5.25 Å². The summed E-state index contributed by atoms with van der Waals surface area (Å²) >= 11 is 0. The number of phosphoric ester groups is 1. The van der Waals surface area contributed by atoms with Gasteiger partial charge >= 0.3 is 43.3 Å². The Morgan fingerprint density at radius 3 is 1.47 bits per heavy atom. The van der Waals surface area contributed by atoms with Crippen molar-refractivity contribution in [1.29, 1.82) is 0 Å². The molecule has 0 aliphatic heterocycles. The molecular weight excluding hydrogens is 502 g/mol. The maximum absolute atomic E-state index is 11.6. The van der Waals surface area contributed by atoms with E-state index in [1.165, 1.54) is 51.4 Å². The number of rotatable bonds is 20. The van der Waals surface area contributed by atoms with Crippen LogP contribution in [0, 0.1) is 0 Å². The molecule has 0 aromatic heterocycles. The maximum Gasteiger partial charge on any atom is 1.00 e. The van der Waals surface area contributed by atoms with Gasteiger partial charge in [0.05, 0.1) is 25.6 Å². The van der Waals surface area contributed by atoms with E-state index >= 15 is 0 Å². The molecule has 0 aromatic carbocycles. The average molecular weight is 543 g/mol. The second-order valence-electron chi connectivity index (χ2n) is 7.59. The van der Waals surface area contributed by atoms with Crippen molar-refractivity contribution in [3.8, 4) is 0 Å². The number of carbonyl (C=O) groups excluding carboxylic acids is 1. The smallest absolute Gasteiger partial charge is 0.549 e. The average Bonchev–Trinajstić information content (AvgIpc) is 2.70. The summed E-state index contributed by atoms with van der Waals surface area (Å²) in [4.78, 5) is 29.4. The third kappa shape index (κ3) is 26.6. The van der Waals surface area contributed by atoms with Crippen molar-refractivity contribution in [2.24, 2.45) is 0 Å². The Labute approximate surface area is 225 Å². The molecule has 0 radical (unpaired) electrons. The van der Waals surface area contributed by atoms with Crippen LogP contribution in [0.5, 0.6) is 0 Å². The number of hydrogen-bond acceptors (Lipinski definition) is 8. The number of carbonyl (C=O) groups is 2. The predicted octanol–water partition coefficient (Wildman–Crippen LogP) is 0.312. The van der Waals surface area contributed by atoms with E-state index in [0.717, 1.165) is 25.7 Å². The Hall–Kier alpha value is -0.0400. The summed E-state index contributed by atoms with van der Waals surface area (Å²) < 4.78 is 50.1. The largest absolute Gasteiger partial charge is 1.00 e. The van der Waals surface area contributed by atoms with E-state index in [0.29, 0.717) is 13.2 Å². The van der Waals surface area contributed by atoms with Crippen molar-refractivity contribution >= 4 is 29.9 Å². The fourth-order valence-corrected chi connectivity index (χ4v) is 4.02. The molecule has 0 aliphatic carbocycles. The van der Waals surface area contributed by atoms with Crippen LogP contribution in [0.25, 0.3) is 0 Å². The van der Waals surface area contributed by atoms with Crippen molar-refractivity contribution in [2.45, 2.75) is 103 Å². The monoisotopic (exact) mass is 542 g/mol. The minimum absolute atomic E-state index is 0. The fraction of sp³-hybridized carbons (Fsp3) is 0.900. The minimum atomic E-state index is -4.90. The number of unbranched alkanes of at least 4 members (excludes halogenated alkanes) is 10. The molecule has 3 N–H and O–H groups in total. The molecule has 0 amide bonds. The summed E-state index contributed by atoms with van der Waals surface area (Å²) in [5.74, 6) is -3.79. The van der Waals surface area contributed by atoms with Gasteiger partial charge in [-0.15, -0.1) is 0 Å². The van der Waals surface area contributed by atoms with Gasteiger partial charge in [-0.2, -0.15) is 8.42 Å². The van der Waals surface area contributed by atoms with Crippen LogP contribution in [0.2, 0.25) is 0 Å². The first-order valence-electron chi connectivity index (χ1n) is 11.4. The summed E-state index contributed by atoms with van der Waals surface area (Å²) in [7, 11) is -8.72. The van der Waals surface area contributed by atoms with Crippen molar-refractivity contribution in [2.75, 3.05) is 13.2 Å². The molecule has 1 atom stereocenters. The van der Waals surface area contributed by atoms with Crippen LogP contribution in [0.4, 0.5) is 0 Å². The van der Waals surface area contributed by atoms with Crippen LogP contribution >= 0.6 is 7.82 Å². The number of phosphoric acid groups is 1. The van der Waals surface area contributed by atoms with Crippen LogP contribution < -0.4 is 34.7 Å². The van der Waals surface area contributed by atoms with Gasteiger partial charge in [-0.3, -0.25) is 18.4 Å². The van der Waals surface area contributed by atoms with Gasteiger partial charge in [-0.1, -0.05) is 78.1 Å². The normalized spacial score (nSPS) is 12.2. The van der Waals surface area contributed by atoms with E-state index < -0.39 is 41.6 Å². The van der Waals surface area contributed by atoms with Gasteiger partial charge in [-0.25, -0.2) is 4.57 Å². The molecule has 198 valence electrons. The molecule has 0 rings (SSSR count). The first kappa shape index (κ1) is 38.5. The summed E-state index contributed by atoms with van der Waals surface area (Å²) in [6.07, 6.45) is 12.4. The first-order chi connectivity index (χ1) is 15.4. The SMILES string of the molecule is CCCCCCCCOP(=O)(O)OCCCCCCCC.O=C(O)CC(C(=O)[O-])S(=O)(=O)O.[Na+]. The zero-order valence-electron chi connectivity index (χ0n) is 20.6. The summed E-state index contributed by atoms with van der Waals surface area (Å²) in [5.41, 5.74) is 0. The second-order valence-corrected chi connectivity index (χ2v) is 10.6. The van der Waals surface area contributed by atoms with Gasteiger partial charge in [0.25, 0.3) is 10.1 Å². The Morgan fingerprint density at radius 1 is 0.853 bits per heavy atom. The van der Waals surface area contributed by atoms with Gasteiger partial charge in [0.15, 0.2) is 0 Å². The van der Waals surface area contributed by atoms with E-state index in [9.17, 15) is 32.6 Å². The van der Waals surface area contributed by atoms with Crippen LogP contribution in [0.1, 0.15) is 97.3 Å². The molecule has 34 heavy (non-hydrogen) atoms. The van der Waals surface area contributed by atoms with Crippen LogP contribution in [0.15, 0.2) is 0 Å². The molecule has 0 saturated carbocycles. The molecule has 0 spiro atoms. The standard InChI is InChI=1S/C16H35O4P.C4H6O7S.Na/c1-3-5-7-9-11-13-15-19-21(17,18)20-16-14-12-10-8-6-4-2;5-3(6)1-2(4(7)8)12(9,10)11;/h3-16H2,1-2H3,(H,17,18);2H,1H2,(H,5,6)(H,7,8)(H,9,10,11);/q;;+1/p-1. The molecule has 11 nitrogen and oxygen atoms in total. The first-order valence-corrected chi connectivity index (χ1v) is 14.4. The topological polar surface area (TPSA) is 188 Å². The quantitative estimate of drug-likeness (QED) is 0.0831. The van der Waals surface area contributed by atoms with Crippen molar-refractivity contribution in [3.63, 3.8) is 0 Å². The Kier molecular flexibility index (Phi) is 26.4. The third-order valence-corrected chi connectivity index (χ3v) is 6.58. The van der Waals surface area contributed by atoms with Crippen molar-refractivity contribution in [3.05, 3.63) is 0 Å². The second kappa shape index (κ2) is 23.4. The van der Waals surface area contributed by atoms with Gasteiger partial charge in [0.2, 0.25) is 0 Å². The zero-order valence-corrected chi connectivity index (χ0v) is 24.4. The number of carboxylic acid groups (broad SMARTS) is 2. The molecule has 0 aromatic rings. The molecule has 14 heteroatoms. The van der Waals surface area contributed by atoms with E-state index in [1.54, 1.807) is 0 Å². The number of hydrogen-bond donors (Lipinski definition) is 3. The number of carboxylic acids is 2. The molecule has 0 saturated heterocycles. The van der Waals surface area contributed by atoms with Gasteiger partial charge in [0, 0.05) is 0 Å². The maximum atomic E-state index is 11.6. The predicted molar refractivity (Wildman–Crippen MR) is 121 cm³/mol. The zero-order chi connectivity index (χ0) is 25.8. The molecule has 0 aliphatic rings. The van der Waals surface area contributed by atoms with Crippen molar-refractivity contribution in [1.82, 2.24) is 0 Å². The summed E-state index contributed by atoms with van der Waals surface area (Å²) in [6, 6.07) is 0. The molecule has 0 bridgehead atoms. The van der Waals surface area contributed by atoms with Gasteiger partial charge < -0.3 is 19.9 Å². The van der Waals surface area contributed by atoms with Crippen LogP contribution in [-0.2, 0) is 33.3 Å². The Bertz CT molecular complexity index is 651. The van der Waals surface area contributed by atoms with E-state index in [1.807, 2.05) is 0 Å². The Balaban J connectivity index is -0.000000632. The van der Waals surface area contributed by atoms with E-state index in [2.05, 4.69) is 13.8 Å². The van der Waals surface area contributed by atoms with Crippen LogP contribution in [0.3, 0.4) is 0 Å². The van der Waals surface area contributed by atoms with Crippen LogP contribution in [-0.4, -0.2) is 53.4 Å². The fourth-order valence-electron chi connectivity index (χ4n) is 2.63. The van der Waals surface area contributed by atoms with E-state index in [-0.39, 0.29) is 29.6 Å². The third-order valence-electron chi connectivity index (χ3n) is 4.49. The molecule has 0 heterocycles. The molecule has 0 fully saturated rings. The summed E-state index contributed by atoms with van der Waals surface area (Å²) in [5, 5.41) is 15.6. The van der Waals surface area contributed by atoms with Crippen molar-refractivity contribution < 1.29 is 80.8 Å². The Morgan fingerprint density at radius 2 is 1.21 bits per heavy atom. The van der Waals surface area contributed by atoms with E-state index in [4.69, 9.17) is 18.7 Å². The molecular formula is C20H40NaO11PS. The number of aliphatic carboxylic acids is 2. The van der Waals surface area contributed by atoms with Gasteiger partial charge in [-0.05, 0) is 12.8 Å². The minimum Gasteiger partial charge on any atom is -0.549 e. The molecule has 1 unspecified atom stereocenters. The summed E-state index contributed by atoms with van der Waals surface area (Å²) in [6.45, 7) is 5.01.